The van der Waals surface area contributed by atoms with E-state index >= 15 is 0 Å². The largest absolute Gasteiger partial charge is 0.351 e. The van der Waals surface area contributed by atoms with Crippen molar-refractivity contribution < 1.29 is 0 Å². The van der Waals surface area contributed by atoms with Gasteiger partial charge in [0.2, 0.25) is 0 Å². The monoisotopic (exact) mass is 290 g/mol. The molecular formula is C18H18N4. The van der Waals surface area contributed by atoms with Crippen LogP contribution in [0.15, 0.2) is 67.0 Å². The molecule has 0 aliphatic heterocycles. The minimum atomic E-state index is 0.139. The Morgan fingerprint density at radius 2 is 1.64 bits per heavy atom. The molecule has 3 rings (SSSR count). The van der Waals surface area contributed by atoms with Gasteiger partial charge in [-0.1, -0.05) is 36.4 Å². The van der Waals surface area contributed by atoms with E-state index in [1.807, 2.05) is 67.8 Å². The predicted molar refractivity (Wildman–Crippen MR) is 88.5 cm³/mol. The average Bonchev–Trinajstić information content (AvgIpc) is 2.62. The van der Waals surface area contributed by atoms with Gasteiger partial charge in [0.15, 0.2) is 5.82 Å². The van der Waals surface area contributed by atoms with Crippen LogP contribution in [0.4, 0.5) is 5.82 Å². The number of pyridine rings is 1. The highest BCUT2D eigenvalue weighted by Gasteiger charge is 2.15. The van der Waals surface area contributed by atoms with Crippen molar-refractivity contribution in [3.05, 3.63) is 72.7 Å². The Kier molecular flexibility index (Phi) is 4.10. The summed E-state index contributed by atoms with van der Waals surface area (Å²) in [6.07, 6.45) is 3.61. The van der Waals surface area contributed by atoms with Crippen molar-refractivity contribution in [1.29, 1.82) is 0 Å². The Morgan fingerprint density at radius 1 is 0.864 bits per heavy atom. The van der Waals surface area contributed by atoms with Gasteiger partial charge in [-0.3, -0.25) is 4.98 Å². The summed E-state index contributed by atoms with van der Waals surface area (Å²) in [4.78, 5) is 15.6. The second-order valence-electron chi connectivity index (χ2n) is 5.15. The Balaban J connectivity index is 1.89. The second kappa shape index (κ2) is 6.35. The van der Waals surface area contributed by atoms with Crippen LogP contribution in [0.3, 0.4) is 0 Å². The van der Waals surface area contributed by atoms with Crippen LogP contribution in [0.5, 0.6) is 0 Å². The first-order chi connectivity index (χ1) is 10.8. The highest BCUT2D eigenvalue weighted by Crippen LogP contribution is 2.24. The molecule has 1 atom stereocenters. The molecule has 0 spiro atoms. The maximum Gasteiger partial charge on any atom is 0.161 e. The Morgan fingerprint density at radius 3 is 2.36 bits per heavy atom. The van der Waals surface area contributed by atoms with Gasteiger partial charge >= 0.3 is 0 Å². The summed E-state index contributed by atoms with van der Waals surface area (Å²) in [6, 6.07) is 18.0. The Hall–Kier alpha value is -2.75. The number of nitrogens with zero attached hydrogens (tertiary/aromatic N) is 4. The summed E-state index contributed by atoms with van der Waals surface area (Å²) in [5.74, 6) is 1.62. The third-order valence-electron chi connectivity index (χ3n) is 3.73. The lowest BCUT2D eigenvalue weighted by atomic mass is 10.2. The molecule has 4 heteroatoms. The van der Waals surface area contributed by atoms with Crippen molar-refractivity contribution in [2.24, 2.45) is 0 Å². The van der Waals surface area contributed by atoms with Crippen LogP contribution in [0.1, 0.15) is 18.7 Å². The molecule has 0 saturated heterocycles. The zero-order valence-corrected chi connectivity index (χ0v) is 12.7. The van der Waals surface area contributed by atoms with Crippen molar-refractivity contribution >= 4 is 5.82 Å². The highest BCUT2D eigenvalue weighted by molar-refractivity contribution is 5.57. The molecule has 4 nitrogen and oxygen atoms in total. The summed E-state index contributed by atoms with van der Waals surface area (Å²) >= 11 is 0. The highest BCUT2D eigenvalue weighted by atomic mass is 15.2. The maximum atomic E-state index is 4.68. The molecule has 0 fully saturated rings. The normalized spacial score (nSPS) is 11.9. The van der Waals surface area contributed by atoms with E-state index in [4.69, 9.17) is 0 Å². The molecule has 2 heterocycles. The van der Waals surface area contributed by atoms with Crippen LogP contribution in [0.25, 0.3) is 11.4 Å². The van der Waals surface area contributed by atoms with Gasteiger partial charge in [0, 0.05) is 25.0 Å². The van der Waals surface area contributed by atoms with Gasteiger partial charge in [-0.2, -0.15) is 0 Å². The van der Waals surface area contributed by atoms with E-state index in [0.717, 1.165) is 22.9 Å². The second-order valence-corrected chi connectivity index (χ2v) is 5.15. The fourth-order valence-electron chi connectivity index (χ4n) is 2.29. The summed E-state index contributed by atoms with van der Waals surface area (Å²) in [5, 5.41) is 0. The zero-order chi connectivity index (χ0) is 15.4. The van der Waals surface area contributed by atoms with Crippen LogP contribution in [0.2, 0.25) is 0 Å². The fraction of sp³-hybridized carbons (Fsp3) is 0.167. The summed E-state index contributed by atoms with van der Waals surface area (Å²) in [6.45, 7) is 2.12. The smallest absolute Gasteiger partial charge is 0.161 e. The topological polar surface area (TPSA) is 41.9 Å². The van der Waals surface area contributed by atoms with Gasteiger partial charge in [-0.05, 0) is 25.1 Å². The van der Waals surface area contributed by atoms with E-state index in [1.165, 1.54) is 0 Å². The van der Waals surface area contributed by atoms with Crippen LogP contribution >= 0.6 is 0 Å². The summed E-state index contributed by atoms with van der Waals surface area (Å²) < 4.78 is 0. The average molecular weight is 290 g/mol. The molecule has 0 bridgehead atoms. The summed E-state index contributed by atoms with van der Waals surface area (Å²) in [5.41, 5.74) is 2.04. The third-order valence-corrected chi connectivity index (χ3v) is 3.73. The Labute approximate surface area is 130 Å². The fourth-order valence-corrected chi connectivity index (χ4v) is 2.29. The van der Waals surface area contributed by atoms with E-state index in [9.17, 15) is 0 Å². The molecule has 0 saturated carbocycles. The Bertz CT molecular complexity index is 728. The van der Waals surface area contributed by atoms with E-state index in [0.29, 0.717) is 0 Å². The number of hydrogen-bond donors (Lipinski definition) is 0. The molecule has 0 aliphatic carbocycles. The standard InChI is InChI=1S/C18H18N4/c1-14(16-10-6-7-12-19-16)22(2)17-11-13-20-18(21-17)15-8-4-3-5-9-15/h3-14H,1-2H3. The number of hydrogen-bond acceptors (Lipinski definition) is 4. The minimum Gasteiger partial charge on any atom is -0.351 e. The van der Waals surface area contributed by atoms with Crippen molar-refractivity contribution in [1.82, 2.24) is 15.0 Å². The molecule has 1 aromatic carbocycles. The minimum absolute atomic E-state index is 0.139. The summed E-state index contributed by atoms with van der Waals surface area (Å²) in [7, 11) is 2.02. The predicted octanol–water partition coefficient (Wildman–Crippen LogP) is 3.74. The third kappa shape index (κ3) is 2.96. The van der Waals surface area contributed by atoms with E-state index < -0.39 is 0 Å². The zero-order valence-electron chi connectivity index (χ0n) is 12.7. The van der Waals surface area contributed by atoms with Gasteiger partial charge < -0.3 is 4.90 Å². The lowest BCUT2D eigenvalue weighted by Crippen LogP contribution is -2.23. The molecule has 110 valence electrons. The molecule has 2 aromatic heterocycles. The molecule has 0 aliphatic rings. The van der Waals surface area contributed by atoms with E-state index in [1.54, 1.807) is 6.20 Å². The number of anilines is 1. The van der Waals surface area contributed by atoms with Crippen molar-refractivity contribution in [2.75, 3.05) is 11.9 Å². The number of rotatable bonds is 4. The maximum absolute atomic E-state index is 4.68. The number of aromatic nitrogens is 3. The lowest BCUT2D eigenvalue weighted by Gasteiger charge is -2.25. The first-order valence-corrected chi connectivity index (χ1v) is 7.28. The van der Waals surface area contributed by atoms with Crippen LogP contribution < -0.4 is 4.90 Å². The van der Waals surface area contributed by atoms with Crippen LogP contribution in [-0.4, -0.2) is 22.0 Å². The van der Waals surface area contributed by atoms with Gasteiger partial charge in [0.05, 0.1) is 11.7 Å². The van der Waals surface area contributed by atoms with Crippen molar-refractivity contribution in [2.45, 2.75) is 13.0 Å². The first-order valence-electron chi connectivity index (χ1n) is 7.28. The van der Waals surface area contributed by atoms with Crippen molar-refractivity contribution in [3.8, 4) is 11.4 Å². The molecule has 3 aromatic rings. The quantitative estimate of drug-likeness (QED) is 0.734. The SMILES string of the molecule is CC(c1ccccn1)N(C)c1ccnc(-c2ccccc2)n1. The van der Waals surface area contributed by atoms with E-state index in [-0.39, 0.29) is 6.04 Å². The molecule has 0 amide bonds. The van der Waals surface area contributed by atoms with Crippen molar-refractivity contribution in [3.63, 3.8) is 0 Å². The number of benzene rings is 1. The van der Waals surface area contributed by atoms with Gasteiger partial charge in [-0.25, -0.2) is 9.97 Å². The van der Waals surface area contributed by atoms with Gasteiger partial charge in [0.1, 0.15) is 5.82 Å². The van der Waals surface area contributed by atoms with E-state index in [2.05, 4.69) is 26.8 Å². The van der Waals surface area contributed by atoms with Gasteiger partial charge in [0.25, 0.3) is 0 Å². The molecule has 0 N–H and O–H groups in total. The molecule has 1 unspecified atom stereocenters. The lowest BCUT2D eigenvalue weighted by molar-refractivity contribution is 0.704. The van der Waals surface area contributed by atoms with Gasteiger partial charge in [-0.15, -0.1) is 0 Å². The van der Waals surface area contributed by atoms with Crippen LogP contribution in [-0.2, 0) is 0 Å². The molecule has 22 heavy (non-hydrogen) atoms. The first kappa shape index (κ1) is 14.2. The molecular weight excluding hydrogens is 272 g/mol. The van der Waals surface area contributed by atoms with Crippen LogP contribution in [0, 0.1) is 0 Å². The molecule has 0 radical (unpaired) electrons.